The van der Waals surface area contributed by atoms with E-state index in [0.29, 0.717) is 0 Å². The molecular formula is C41H25N3S. The molecule has 0 atom stereocenters. The molecule has 6 aromatic carbocycles. The number of hydrogen-bond acceptors (Lipinski definition) is 2. The van der Waals surface area contributed by atoms with Gasteiger partial charge in [0.05, 0.1) is 34.0 Å². The van der Waals surface area contributed by atoms with Crippen LogP contribution in [0.1, 0.15) is 0 Å². The summed E-state index contributed by atoms with van der Waals surface area (Å²) in [5.41, 5.74) is 9.35. The number of nitrogens with zero attached hydrogens (tertiary/aromatic N) is 3. The van der Waals surface area contributed by atoms with Gasteiger partial charge in [-0.25, -0.2) is 0 Å². The standard InChI is InChI=1S/C41H25N3S/c1-5-13-36-30(9-1)31-10-2-6-14-37(31)43(36)28-18-20-41-35(23-28)34-22-26(17-19-40(34)45-41)27-21-29(25-42-24-27)44-38-15-7-3-11-32(38)33-12-4-8-16-39(33)44/h1-25H. The van der Waals surface area contributed by atoms with Gasteiger partial charge in [-0.3, -0.25) is 4.98 Å². The average Bonchev–Trinajstić information content (AvgIpc) is 3.75. The first-order chi connectivity index (χ1) is 22.3. The van der Waals surface area contributed by atoms with Crippen molar-refractivity contribution in [3.8, 4) is 22.5 Å². The van der Waals surface area contributed by atoms with Gasteiger partial charge in [0, 0.05) is 59.2 Å². The molecule has 0 aliphatic heterocycles. The van der Waals surface area contributed by atoms with Crippen LogP contribution in [0.5, 0.6) is 0 Å². The fourth-order valence-electron chi connectivity index (χ4n) is 7.19. The van der Waals surface area contributed by atoms with Crippen LogP contribution in [0, 0.1) is 0 Å². The zero-order chi connectivity index (χ0) is 29.5. The predicted molar refractivity (Wildman–Crippen MR) is 191 cm³/mol. The van der Waals surface area contributed by atoms with Crippen LogP contribution < -0.4 is 0 Å². The minimum atomic E-state index is 1.06. The summed E-state index contributed by atoms with van der Waals surface area (Å²) >= 11 is 1.85. The highest BCUT2D eigenvalue weighted by Gasteiger charge is 2.15. The Bertz CT molecular complexity index is 2670. The lowest BCUT2D eigenvalue weighted by Gasteiger charge is -2.10. The number of thiophene rings is 1. The van der Waals surface area contributed by atoms with Gasteiger partial charge in [0.15, 0.2) is 0 Å². The van der Waals surface area contributed by atoms with E-state index in [0.717, 1.165) is 11.3 Å². The number of benzene rings is 6. The Kier molecular flexibility index (Phi) is 5.16. The minimum absolute atomic E-state index is 1.06. The van der Waals surface area contributed by atoms with Crippen molar-refractivity contribution in [2.45, 2.75) is 0 Å². The number of hydrogen-bond donors (Lipinski definition) is 0. The molecule has 0 aliphatic rings. The number of pyridine rings is 1. The van der Waals surface area contributed by atoms with E-state index in [9.17, 15) is 0 Å². The lowest BCUT2D eigenvalue weighted by atomic mass is 10.0. The molecule has 3 nitrogen and oxygen atoms in total. The van der Waals surface area contributed by atoms with Gasteiger partial charge in [-0.05, 0) is 66.2 Å². The molecule has 0 bridgehead atoms. The van der Waals surface area contributed by atoms with Gasteiger partial charge < -0.3 is 9.13 Å². The average molecular weight is 592 g/mol. The van der Waals surface area contributed by atoms with Gasteiger partial charge in [0.2, 0.25) is 0 Å². The molecule has 4 aromatic heterocycles. The fourth-order valence-corrected chi connectivity index (χ4v) is 8.26. The van der Waals surface area contributed by atoms with E-state index in [4.69, 9.17) is 4.98 Å². The van der Waals surface area contributed by atoms with Crippen molar-refractivity contribution in [3.05, 3.63) is 152 Å². The number of para-hydroxylation sites is 4. The number of rotatable bonds is 3. The van der Waals surface area contributed by atoms with E-state index in [2.05, 4.69) is 149 Å². The number of fused-ring (bicyclic) bond motifs is 9. The SMILES string of the molecule is c1ccc2c(c1)c1ccccc1n2-c1cncc(-c2ccc3sc4ccc(-n5c6ccccc6c6ccccc65)cc4c3c2)c1. The quantitative estimate of drug-likeness (QED) is 0.200. The third kappa shape index (κ3) is 3.60. The molecule has 45 heavy (non-hydrogen) atoms. The molecule has 0 saturated heterocycles. The van der Waals surface area contributed by atoms with Crippen LogP contribution in [-0.2, 0) is 0 Å². The Balaban J connectivity index is 1.15. The first-order valence-corrected chi connectivity index (χ1v) is 16.0. The van der Waals surface area contributed by atoms with Crippen molar-refractivity contribution in [3.63, 3.8) is 0 Å². The van der Waals surface area contributed by atoms with Crippen LogP contribution in [0.2, 0.25) is 0 Å². The molecule has 0 amide bonds. The monoisotopic (exact) mass is 591 g/mol. The first-order valence-electron chi connectivity index (χ1n) is 15.2. The molecule has 4 heterocycles. The predicted octanol–water partition coefficient (Wildman–Crippen LogP) is 11.3. The summed E-state index contributed by atoms with van der Waals surface area (Å²) in [6.07, 6.45) is 3.95. The molecule has 0 fully saturated rings. The smallest absolute Gasteiger partial charge is 0.0651 e. The third-order valence-corrected chi connectivity index (χ3v) is 10.3. The third-order valence-electron chi connectivity index (χ3n) is 9.19. The van der Waals surface area contributed by atoms with Gasteiger partial charge in [-0.15, -0.1) is 11.3 Å². The molecule has 0 radical (unpaired) electrons. The molecule has 10 rings (SSSR count). The molecule has 210 valence electrons. The van der Waals surface area contributed by atoms with Crippen molar-refractivity contribution in [2.24, 2.45) is 0 Å². The summed E-state index contributed by atoms with van der Waals surface area (Å²) in [4.78, 5) is 4.74. The summed E-state index contributed by atoms with van der Waals surface area (Å²) in [5, 5.41) is 7.62. The maximum Gasteiger partial charge on any atom is 0.0651 e. The Labute approximate surface area is 262 Å². The second-order valence-corrected chi connectivity index (χ2v) is 12.7. The van der Waals surface area contributed by atoms with Crippen LogP contribution >= 0.6 is 11.3 Å². The maximum absolute atomic E-state index is 4.74. The van der Waals surface area contributed by atoms with Crippen molar-refractivity contribution in [1.29, 1.82) is 0 Å². The van der Waals surface area contributed by atoms with E-state index in [1.165, 1.54) is 75.0 Å². The highest BCUT2D eigenvalue weighted by Crippen LogP contribution is 2.40. The summed E-state index contributed by atoms with van der Waals surface area (Å²) in [6, 6.07) is 50.7. The second kappa shape index (κ2) is 9.39. The zero-order valence-corrected chi connectivity index (χ0v) is 25.0. The van der Waals surface area contributed by atoms with E-state index in [-0.39, 0.29) is 0 Å². The van der Waals surface area contributed by atoms with Gasteiger partial charge in [-0.1, -0.05) is 78.9 Å². The van der Waals surface area contributed by atoms with Crippen LogP contribution in [0.4, 0.5) is 0 Å². The summed E-state index contributed by atoms with van der Waals surface area (Å²) in [6.45, 7) is 0. The Hall–Kier alpha value is -5.71. The minimum Gasteiger partial charge on any atom is -0.309 e. The molecule has 0 aliphatic carbocycles. The van der Waals surface area contributed by atoms with E-state index < -0.39 is 0 Å². The van der Waals surface area contributed by atoms with E-state index in [1.54, 1.807) is 0 Å². The second-order valence-electron chi connectivity index (χ2n) is 11.7. The van der Waals surface area contributed by atoms with Crippen LogP contribution in [0.3, 0.4) is 0 Å². The normalized spacial score (nSPS) is 12.0. The van der Waals surface area contributed by atoms with Crippen molar-refractivity contribution >= 4 is 75.1 Å². The summed E-state index contributed by atoms with van der Waals surface area (Å²) < 4.78 is 7.32. The van der Waals surface area contributed by atoms with Crippen LogP contribution in [-0.4, -0.2) is 14.1 Å². The number of aromatic nitrogens is 3. The fraction of sp³-hybridized carbons (Fsp3) is 0. The lowest BCUT2D eigenvalue weighted by molar-refractivity contribution is 1.14. The summed E-state index contributed by atoms with van der Waals surface area (Å²) in [7, 11) is 0. The van der Waals surface area contributed by atoms with Crippen LogP contribution in [0.25, 0.3) is 86.3 Å². The van der Waals surface area contributed by atoms with E-state index in [1.807, 2.05) is 23.7 Å². The molecule has 10 aromatic rings. The maximum atomic E-state index is 4.74. The first kappa shape index (κ1) is 24.7. The van der Waals surface area contributed by atoms with Gasteiger partial charge in [-0.2, -0.15) is 0 Å². The lowest BCUT2D eigenvalue weighted by Crippen LogP contribution is -1.95. The van der Waals surface area contributed by atoms with Crippen molar-refractivity contribution in [2.75, 3.05) is 0 Å². The highest BCUT2D eigenvalue weighted by molar-refractivity contribution is 7.25. The summed E-state index contributed by atoms with van der Waals surface area (Å²) in [5.74, 6) is 0. The zero-order valence-electron chi connectivity index (χ0n) is 24.2. The highest BCUT2D eigenvalue weighted by atomic mass is 32.1. The Morgan fingerprint density at radius 3 is 1.44 bits per heavy atom. The Morgan fingerprint density at radius 1 is 0.378 bits per heavy atom. The van der Waals surface area contributed by atoms with Crippen LogP contribution in [0.15, 0.2) is 152 Å². The van der Waals surface area contributed by atoms with Crippen molar-refractivity contribution in [1.82, 2.24) is 14.1 Å². The van der Waals surface area contributed by atoms with Gasteiger partial charge in [0.25, 0.3) is 0 Å². The van der Waals surface area contributed by atoms with Crippen molar-refractivity contribution < 1.29 is 0 Å². The van der Waals surface area contributed by atoms with Gasteiger partial charge >= 0.3 is 0 Å². The topological polar surface area (TPSA) is 22.8 Å². The Morgan fingerprint density at radius 2 is 0.867 bits per heavy atom. The molecular weight excluding hydrogens is 567 g/mol. The van der Waals surface area contributed by atoms with E-state index >= 15 is 0 Å². The molecule has 0 saturated carbocycles. The molecule has 0 unspecified atom stereocenters. The largest absolute Gasteiger partial charge is 0.309 e. The molecule has 4 heteroatoms. The molecule has 0 N–H and O–H groups in total. The van der Waals surface area contributed by atoms with Gasteiger partial charge in [0.1, 0.15) is 0 Å². The molecule has 0 spiro atoms.